The lowest BCUT2D eigenvalue weighted by atomic mass is 9.77. The molecule has 1 atom stereocenters. The van der Waals surface area contributed by atoms with Gasteiger partial charge in [-0.3, -0.25) is 4.90 Å². The normalized spacial score (nSPS) is 26.2. The van der Waals surface area contributed by atoms with Gasteiger partial charge in [-0.05, 0) is 50.4 Å². The van der Waals surface area contributed by atoms with Gasteiger partial charge in [0.25, 0.3) is 0 Å². The zero-order valence-electron chi connectivity index (χ0n) is 14.7. The van der Waals surface area contributed by atoms with E-state index in [0.29, 0.717) is 0 Å². The molecule has 0 saturated carbocycles. The van der Waals surface area contributed by atoms with E-state index in [0.717, 1.165) is 39.3 Å². The molecule has 1 fully saturated rings. The third-order valence-electron chi connectivity index (χ3n) is 5.77. The SMILES string of the molecule is CC12CC=CC=C1N(CCCCN1CCOCC1)c1ccccc12. The molecular weight excluding hydrogens is 296 g/mol. The van der Waals surface area contributed by atoms with Crippen LogP contribution in [0.4, 0.5) is 5.69 Å². The average Bonchev–Trinajstić information content (AvgIpc) is 2.89. The number of benzene rings is 1. The summed E-state index contributed by atoms with van der Waals surface area (Å²) < 4.78 is 5.43. The van der Waals surface area contributed by atoms with Crippen molar-refractivity contribution < 1.29 is 4.74 Å². The second kappa shape index (κ2) is 6.73. The number of ether oxygens (including phenoxy) is 1. The monoisotopic (exact) mass is 324 g/mol. The molecule has 0 N–H and O–H groups in total. The van der Waals surface area contributed by atoms with E-state index >= 15 is 0 Å². The van der Waals surface area contributed by atoms with E-state index < -0.39 is 0 Å². The lowest BCUT2D eigenvalue weighted by Gasteiger charge is -2.31. The van der Waals surface area contributed by atoms with E-state index in [1.54, 1.807) is 0 Å². The van der Waals surface area contributed by atoms with Crippen molar-refractivity contribution in [2.24, 2.45) is 0 Å². The van der Waals surface area contributed by atoms with Crippen LogP contribution in [-0.2, 0) is 10.2 Å². The first-order chi connectivity index (χ1) is 11.8. The number of para-hydroxylation sites is 1. The predicted molar refractivity (Wildman–Crippen MR) is 99.5 cm³/mol. The minimum absolute atomic E-state index is 0.162. The Morgan fingerprint density at radius 2 is 1.88 bits per heavy atom. The summed E-state index contributed by atoms with van der Waals surface area (Å²) in [5.41, 5.74) is 4.56. The van der Waals surface area contributed by atoms with Crippen molar-refractivity contribution in [2.45, 2.75) is 31.6 Å². The number of nitrogens with zero attached hydrogens (tertiary/aromatic N) is 2. The molecule has 3 nitrogen and oxygen atoms in total. The summed E-state index contributed by atoms with van der Waals surface area (Å²) in [5.74, 6) is 0. The van der Waals surface area contributed by atoms with Gasteiger partial charge < -0.3 is 9.64 Å². The summed E-state index contributed by atoms with van der Waals surface area (Å²) >= 11 is 0. The molecule has 4 rings (SSSR count). The molecule has 3 heteroatoms. The molecule has 1 aromatic carbocycles. The molecule has 2 aliphatic heterocycles. The number of morpholine rings is 1. The maximum absolute atomic E-state index is 5.43. The van der Waals surface area contributed by atoms with Gasteiger partial charge in [-0.1, -0.05) is 30.4 Å². The lowest BCUT2D eigenvalue weighted by Crippen LogP contribution is -2.37. The first-order valence-corrected chi connectivity index (χ1v) is 9.33. The Kier molecular flexibility index (Phi) is 4.47. The fraction of sp³-hybridized carbons (Fsp3) is 0.524. The Bertz CT molecular complexity index is 645. The molecule has 24 heavy (non-hydrogen) atoms. The van der Waals surface area contributed by atoms with Crippen molar-refractivity contribution in [2.75, 3.05) is 44.3 Å². The standard InChI is InChI=1S/C21H28N2O/c1-21-11-5-4-10-20(21)23(19-9-3-2-8-18(19)21)13-7-6-12-22-14-16-24-17-15-22/h2-5,8-10H,6-7,11-17H2,1H3. The minimum atomic E-state index is 0.162. The highest BCUT2D eigenvalue weighted by molar-refractivity contribution is 5.71. The molecule has 0 aromatic heterocycles. The van der Waals surface area contributed by atoms with Gasteiger partial charge >= 0.3 is 0 Å². The van der Waals surface area contributed by atoms with Crippen molar-refractivity contribution in [3.63, 3.8) is 0 Å². The Hall–Kier alpha value is -1.58. The highest BCUT2D eigenvalue weighted by Gasteiger charge is 2.42. The maximum Gasteiger partial charge on any atom is 0.0594 e. The first kappa shape index (κ1) is 15.9. The van der Waals surface area contributed by atoms with Gasteiger partial charge in [-0.25, -0.2) is 0 Å². The van der Waals surface area contributed by atoms with Gasteiger partial charge in [0.2, 0.25) is 0 Å². The van der Waals surface area contributed by atoms with Crippen LogP contribution in [0.15, 0.2) is 48.2 Å². The Labute approximate surface area is 145 Å². The average molecular weight is 324 g/mol. The molecule has 3 aliphatic rings. The second-order valence-electron chi connectivity index (χ2n) is 7.35. The number of anilines is 1. The van der Waals surface area contributed by atoms with Crippen LogP contribution in [0.3, 0.4) is 0 Å². The topological polar surface area (TPSA) is 15.7 Å². The number of rotatable bonds is 5. The molecule has 0 radical (unpaired) electrons. The highest BCUT2D eigenvalue weighted by Crippen LogP contribution is 2.51. The van der Waals surface area contributed by atoms with Gasteiger partial charge in [-0.2, -0.15) is 0 Å². The zero-order chi connectivity index (χ0) is 16.4. The molecule has 0 amide bonds. The number of unbranched alkanes of at least 4 members (excludes halogenated alkanes) is 1. The quantitative estimate of drug-likeness (QED) is 0.768. The smallest absolute Gasteiger partial charge is 0.0594 e. The van der Waals surface area contributed by atoms with Crippen molar-refractivity contribution >= 4 is 5.69 Å². The molecule has 128 valence electrons. The third-order valence-corrected chi connectivity index (χ3v) is 5.77. The summed E-state index contributed by atoms with van der Waals surface area (Å²) in [6.45, 7) is 8.72. The van der Waals surface area contributed by atoms with Crippen LogP contribution in [0.1, 0.15) is 31.7 Å². The summed E-state index contributed by atoms with van der Waals surface area (Å²) in [5, 5.41) is 0. The van der Waals surface area contributed by atoms with Gasteiger partial charge in [0.15, 0.2) is 0 Å². The molecule has 0 spiro atoms. The Morgan fingerprint density at radius 3 is 2.75 bits per heavy atom. The second-order valence-corrected chi connectivity index (χ2v) is 7.35. The maximum atomic E-state index is 5.43. The van der Waals surface area contributed by atoms with E-state index in [-0.39, 0.29) is 5.41 Å². The van der Waals surface area contributed by atoms with E-state index in [9.17, 15) is 0 Å². The van der Waals surface area contributed by atoms with Gasteiger partial charge in [0.05, 0.1) is 13.2 Å². The van der Waals surface area contributed by atoms with Crippen LogP contribution in [0.2, 0.25) is 0 Å². The van der Waals surface area contributed by atoms with Gasteiger partial charge in [0.1, 0.15) is 0 Å². The van der Waals surface area contributed by atoms with Gasteiger partial charge in [0, 0.05) is 36.4 Å². The summed E-state index contributed by atoms with van der Waals surface area (Å²) in [4.78, 5) is 5.10. The molecule has 2 heterocycles. The number of fused-ring (bicyclic) bond motifs is 3. The molecule has 1 saturated heterocycles. The first-order valence-electron chi connectivity index (χ1n) is 9.33. The van der Waals surface area contributed by atoms with Crippen LogP contribution in [-0.4, -0.2) is 44.3 Å². The lowest BCUT2D eigenvalue weighted by molar-refractivity contribution is 0.0373. The molecule has 1 unspecified atom stereocenters. The van der Waals surface area contributed by atoms with Crippen molar-refractivity contribution in [3.05, 3.63) is 53.8 Å². The van der Waals surface area contributed by atoms with Gasteiger partial charge in [-0.15, -0.1) is 0 Å². The summed E-state index contributed by atoms with van der Waals surface area (Å²) in [7, 11) is 0. The van der Waals surface area contributed by atoms with E-state index in [1.165, 1.54) is 36.3 Å². The number of hydrogen-bond donors (Lipinski definition) is 0. The van der Waals surface area contributed by atoms with Crippen LogP contribution in [0.25, 0.3) is 0 Å². The Balaban J connectivity index is 1.42. The third kappa shape index (κ3) is 2.80. The summed E-state index contributed by atoms with van der Waals surface area (Å²) in [6, 6.07) is 8.97. The minimum Gasteiger partial charge on any atom is -0.379 e. The van der Waals surface area contributed by atoms with Crippen LogP contribution < -0.4 is 4.90 Å². The largest absolute Gasteiger partial charge is 0.379 e. The highest BCUT2D eigenvalue weighted by atomic mass is 16.5. The van der Waals surface area contributed by atoms with Crippen molar-refractivity contribution in [1.82, 2.24) is 4.90 Å². The van der Waals surface area contributed by atoms with Crippen LogP contribution >= 0.6 is 0 Å². The van der Waals surface area contributed by atoms with E-state index in [4.69, 9.17) is 4.74 Å². The van der Waals surface area contributed by atoms with Crippen molar-refractivity contribution in [3.8, 4) is 0 Å². The molecule has 1 aromatic rings. The molecule has 1 aliphatic carbocycles. The zero-order valence-corrected chi connectivity index (χ0v) is 14.7. The Morgan fingerprint density at radius 1 is 1.08 bits per heavy atom. The van der Waals surface area contributed by atoms with E-state index in [2.05, 4.69) is 59.2 Å². The fourth-order valence-electron chi connectivity index (χ4n) is 4.36. The van der Waals surface area contributed by atoms with Crippen LogP contribution in [0, 0.1) is 0 Å². The van der Waals surface area contributed by atoms with Crippen LogP contribution in [0.5, 0.6) is 0 Å². The number of allylic oxidation sites excluding steroid dienone is 4. The summed E-state index contributed by atoms with van der Waals surface area (Å²) in [6.07, 6.45) is 10.5. The molecule has 0 bridgehead atoms. The van der Waals surface area contributed by atoms with Crippen molar-refractivity contribution in [1.29, 1.82) is 0 Å². The number of hydrogen-bond acceptors (Lipinski definition) is 3. The molecular formula is C21H28N2O. The fourth-order valence-corrected chi connectivity index (χ4v) is 4.36. The van der Waals surface area contributed by atoms with E-state index in [1.807, 2.05) is 0 Å². The predicted octanol–water partition coefficient (Wildman–Crippen LogP) is 3.72.